The van der Waals surface area contributed by atoms with Crippen molar-refractivity contribution in [2.45, 2.75) is 13.0 Å². The molecule has 96 valence electrons. The number of nitrogens with zero attached hydrogens (tertiary/aromatic N) is 1. The second kappa shape index (κ2) is 5.31. The lowest BCUT2D eigenvalue weighted by atomic mass is 10.1. The fourth-order valence-corrected chi connectivity index (χ4v) is 3.10. The molecule has 2 aromatic heterocycles. The molecule has 4 heteroatoms. The lowest BCUT2D eigenvalue weighted by molar-refractivity contribution is 0.877. The molecule has 1 unspecified atom stereocenters. The van der Waals surface area contributed by atoms with Gasteiger partial charge in [0.1, 0.15) is 5.82 Å². The van der Waals surface area contributed by atoms with E-state index in [9.17, 15) is 0 Å². The van der Waals surface area contributed by atoms with Gasteiger partial charge in [-0.05, 0) is 42.1 Å². The van der Waals surface area contributed by atoms with Gasteiger partial charge in [-0.1, -0.05) is 28.1 Å². The fourth-order valence-electron chi connectivity index (χ4n) is 2.05. The average molecular weight is 333 g/mol. The van der Waals surface area contributed by atoms with Gasteiger partial charge >= 0.3 is 0 Å². The number of halogens is 1. The van der Waals surface area contributed by atoms with E-state index in [-0.39, 0.29) is 6.04 Å². The maximum absolute atomic E-state index is 4.45. The summed E-state index contributed by atoms with van der Waals surface area (Å²) in [5, 5.41) is 6.78. The van der Waals surface area contributed by atoms with Crippen LogP contribution in [0.5, 0.6) is 0 Å². The number of hydrogen-bond donors (Lipinski definition) is 1. The first-order valence-electron chi connectivity index (χ1n) is 6.08. The molecular formula is C15H13BrN2S. The van der Waals surface area contributed by atoms with Crippen molar-refractivity contribution in [1.29, 1.82) is 0 Å². The molecule has 0 fully saturated rings. The van der Waals surface area contributed by atoms with E-state index in [4.69, 9.17) is 0 Å². The lowest BCUT2D eigenvalue weighted by Gasteiger charge is -2.15. The van der Waals surface area contributed by atoms with E-state index in [0.29, 0.717) is 0 Å². The van der Waals surface area contributed by atoms with Gasteiger partial charge in [0.25, 0.3) is 0 Å². The first-order valence-corrected chi connectivity index (χ1v) is 7.75. The third-order valence-corrected chi connectivity index (χ3v) is 4.51. The van der Waals surface area contributed by atoms with Crippen LogP contribution in [0.4, 0.5) is 5.82 Å². The lowest BCUT2D eigenvalue weighted by Crippen LogP contribution is -2.07. The van der Waals surface area contributed by atoms with Crippen LogP contribution in [0, 0.1) is 0 Å². The van der Waals surface area contributed by atoms with E-state index in [1.165, 1.54) is 15.6 Å². The van der Waals surface area contributed by atoms with E-state index in [2.05, 4.69) is 74.9 Å². The molecule has 0 spiro atoms. The smallest absolute Gasteiger partial charge is 0.135 e. The highest BCUT2D eigenvalue weighted by Crippen LogP contribution is 2.28. The van der Waals surface area contributed by atoms with Crippen molar-refractivity contribution in [3.63, 3.8) is 0 Å². The maximum Gasteiger partial charge on any atom is 0.135 e. The third kappa shape index (κ3) is 2.65. The van der Waals surface area contributed by atoms with Gasteiger partial charge in [-0.25, -0.2) is 4.98 Å². The summed E-state index contributed by atoms with van der Waals surface area (Å²) in [7, 11) is 0. The highest BCUT2D eigenvalue weighted by molar-refractivity contribution is 9.10. The number of fused-ring (bicyclic) bond motifs is 1. The Kier molecular flexibility index (Phi) is 3.53. The standard InChI is InChI=1S/C15H13BrN2S/c1-10(11-2-4-12(16)5-3-11)18-15-13-7-9-19-14(13)6-8-17-15/h2-10H,1H3,(H,17,18). The number of hydrogen-bond acceptors (Lipinski definition) is 3. The Morgan fingerprint density at radius 2 is 1.95 bits per heavy atom. The Bertz CT molecular complexity index is 691. The summed E-state index contributed by atoms with van der Waals surface area (Å²) >= 11 is 5.20. The highest BCUT2D eigenvalue weighted by atomic mass is 79.9. The Labute approximate surface area is 124 Å². The van der Waals surface area contributed by atoms with E-state index in [1.54, 1.807) is 11.3 Å². The van der Waals surface area contributed by atoms with Crippen molar-refractivity contribution in [2.24, 2.45) is 0 Å². The Morgan fingerprint density at radius 1 is 1.16 bits per heavy atom. The van der Waals surface area contributed by atoms with Crippen LogP contribution < -0.4 is 5.32 Å². The van der Waals surface area contributed by atoms with Crippen molar-refractivity contribution in [1.82, 2.24) is 4.98 Å². The van der Waals surface area contributed by atoms with Crippen LogP contribution in [0.3, 0.4) is 0 Å². The molecule has 2 heterocycles. The van der Waals surface area contributed by atoms with Gasteiger partial charge in [-0.2, -0.15) is 0 Å². The van der Waals surface area contributed by atoms with Crippen LogP contribution in [0.15, 0.2) is 52.4 Å². The second-order valence-corrected chi connectivity index (χ2v) is 6.27. The van der Waals surface area contributed by atoms with Crippen molar-refractivity contribution >= 4 is 43.2 Å². The summed E-state index contributed by atoms with van der Waals surface area (Å²) in [6.07, 6.45) is 1.86. The Morgan fingerprint density at radius 3 is 2.74 bits per heavy atom. The molecule has 0 aliphatic rings. The molecule has 1 aromatic carbocycles. The summed E-state index contributed by atoms with van der Waals surface area (Å²) < 4.78 is 2.36. The van der Waals surface area contributed by atoms with Crippen molar-refractivity contribution < 1.29 is 0 Å². The fraction of sp³-hybridized carbons (Fsp3) is 0.133. The SMILES string of the molecule is CC(Nc1nccc2sccc12)c1ccc(Br)cc1. The zero-order valence-corrected chi connectivity index (χ0v) is 12.8. The topological polar surface area (TPSA) is 24.9 Å². The Balaban J connectivity index is 1.88. The van der Waals surface area contributed by atoms with Gasteiger partial charge in [0.15, 0.2) is 0 Å². The molecule has 19 heavy (non-hydrogen) atoms. The van der Waals surface area contributed by atoms with Crippen LogP contribution in [0.1, 0.15) is 18.5 Å². The molecule has 0 amide bonds. The molecule has 1 N–H and O–H groups in total. The monoisotopic (exact) mass is 332 g/mol. The number of thiophene rings is 1. The second-order valence-electron chi connectivity index (χ2n) is 4.41. The predicted octanol–water partition coefficient (Wildman–Crippen LogP) is 5.23. The summed E-state index contributed by atoms with van der Waals surface area (Å²) in [4.78, 5) is 4.45. The minimum absolute atomic E-state index is 0.228. The van der Waals surface area contributed by atoms with Crippen LogP contribution in [0.2, 0.25) is 0 Å². The number of pyridine rings is 1. The normalized spacial score (nSPS) is 12.5. The Hall–Kier alpha value is -1.39. The van der Waals surface area contributed by atoms with Gasteiger partial charge in [-0.15, -0.1) is 11.3 Å². The third-order valence-electron chi connectivity index (χ3n) is 3.10. The highest BCUT2D eigenvalue weighted by Gasteiger charge is 2.09. The van der Waals surface area contributed by atoms with E-state index >= 15 is 0 Å². The van der Waals surface area contributed by atoms with Crippen molar-refractivity contribution in [3.05, 3.63) is 58.0 Å². The van der Waals surface area contributed by atoms with Crippen LogP contribution in [-0.2, 0) is 0 Å². The molecule has 2 nitrogen and oxygen atoms in total. The molecule has 0 saturated heterocycles. The van der Waals surface area contributed by atoms with Crippen LogP contribution in [-0.4, -0.2) is 4.98 Å². The zero-order chi connectivity index (χ0) is 13.2. The predicted molar refractivity (Wildman–Crippen MR) is 85.8 cm³/mol. The first-order chi connectivity index (χ1) is 9.24. The van der Waals surface area contributed by atoms with Crippen LogP contribution >= 0.6 is 27.3 Å². The molecule has 1 atom stereocenters. The minimum Gasteiger partial charge on any atom is -0.363 e. The van der Waals surface area contributed by atoms with Gasteiger partial charge in [0.05, 0.1) is 0 Å². The van der Waals surface area contributed by atoms with Gasteiger partial charge in [-0.3, -0.25) is 0 Å². The van der Waals surface area contributed by atoms with Crippen molar-refractivity contribution in [2.75, 3.05) is 5.32 Å². The number of benzene rings is 1. The molecule has 0 radical (unpaired) electrons. The quantitative estimate of drug-likeness (QED) is 0.710. The summed E-state index contributed by atoms with van der Waals surface area (Å²) in [6, 6.07) is 12.8. The largest absolute Gasteiger partial charge is 0.363 e. The first kappa shape index (κ1) is 12.6. The molecule has 0 aliphatic carbocycles. The van der Waals surface area contributed by atoms with E-state index < -0.39 is 0 Å². The number of anilines is 1. The summed E-state index contributed by atoms with van der Waals surface area (Å²) in [5.41, 5.74) is 1.25. The van der Waals surface area contributed by atoms with Gasteiger partial charge in [0.2, 0.25) is 0 Å². The molecule has 3 rings (SSSR count). The molecule has 0 saturated carbocycles. The van der Waals surface area contributed by atoms with E-state index in [1.807, 2.05) is 6.20 Å². The average Bonchev–Trinajstić information content (AvgIpc) is 2.89. The number of nitrogens with one attached hydrogen (secondary N) is 1. The molecule has 0 aliphatic heterocycles. The van der Waals surface area contributed by atoms with Gasteiger partial charge < -0.3 is 5.32 Å². The summed E-state index contributed by atoms with van der Waals surface area (Å²) in [6.45, 7) is 2.15. The number of aromatic nitrogens is 1. The van der Waals surface area contributed by atoms with E-state index in [0.717, 1.165) is 10.3 Å². The zero-order valence-electron chi connectivity index (χ0n) is 10.4. The molecule has 0 bridgehead atoms. The van der Waals surface area contributed by atoms with Crippen LogP contribution in [0.25, 0.3) is 10.1 Å². The minimum atomic E-state index is 0.228. The summed E-state index contributed by atoms with van der Waals surface area (Å²) in [5.74, 6) is 0.953. The molecule has 3 aromatic rings. The number of rotatable bonds is 3. The van der Waals surface area contributed by atoms with Crippen molar-refractivity contribution in [3.8, 4) is 0 Å². The molecular weight excluding hydrogens is 320 g/mol. The van der Waals surface area contributed by atoms with Gasteiger partial charge in [0, 0.05) is 26.8 Å². The maximum atomic E-state index is 4.45.